The zero-order valence-corrected chi connectivity index (χ0v) is 13.3. The van der Waals surface area contributed by atoms with Gasteiger partial charge < -0.3 is 0 Å². The number of nitrogens with zero attached hydrogens (tertiary/aromatic N) is 1. The standard InChI is InChI=1S/C11H16BrNO2S2/c1-7(9-4-5-9)13(3)17(14,15)10-6-11(12)16-8(10)2/h6-7,9H,4-5H2,1-3H3. The third-order valence-corrected chi connectivity index (χ3v) is 7.13. The van der Waals surface area contributed by atoms with E-state index in [1.54, 1.807) is 13.1 Å². The van der Waals surface area contributed by atoms with Crippen molar-refractivity contribution in [3.63, 3.8) is 0 Å². The summed E-state index contributed by atoms with van der Waals surface area (Å²) in [6, 6.07) is 1.80. The van der Waals surface area contributed by atoms with Crippen molar-refractivity contribution in [2.45, 2.75) is 37.6 Å². The molecule has 1 heterocycles. The molecule has 17 heavy (non-hydrogen) atoms. The van der Waals surface area contributed by atoms with Gasteiger partial charge in [0.25, 0.3) is 0 Å². The molecule has 0 radical (unpaired) electrons. The lowest BCUT2D eigenvalue weighted by Crippen LogP contribution is -2.36. The lowest BCUT2D eigenvalue weighted by atomic mass is 10.2. The molecule has 0 amide bonds. The molecule has 1 fully saturated rings. The van der Waals surface area contributed by atoms with E-state index < -0.39 is 10.0 Å². The van der Waals surface area contributed by atoms with Crippen LogP contribution in [-0.2, 0) is 10.0 Å². The van der Waals surface area contributed by atoms with Crippen LogP contribution in [0.4, 0.5) is 0 Å². The minimum atomic E-state index is -3.34. The highest BCUT2D eigenvalue weighted by atomic mass is 79.9. The average Bonchev–Trinajstić information content (AvgIpc) is 3.02. The molecule has 2 rings (SSSR count). The fourth-order valence-corrected chi connectivity index (χ4v) is 5.74. The molecule has 0 aromatic carbocycles. The van der Waals surface area contributed by atoms with Crippen molar-refractivity contribution in [2.24, 2.45) is 5.92 Å². The van der Waals surface area contributed by atoms with Gasteiger partial charge in [0.1, 0.15) is 0 Å². The van der Waals surface area contributed by atoms with Gasteiger partial charge in [-0.15, -0.1) is 11.3 Å². The summed E-state index contributed by atoms with van der Waals surface area (Å²) in [5, 5.41) is 0. The minimum absolute atomic E-state index is 0.0954. The number of hydrogen-bond acceptors (Lipinski definition) is 3. The van der Waals surface area contributed by atoms with Crippen LogP contribution >= 0.6 is 27.3 Å². The molecule has 1 aliphatic rings. The molecule has 0 aliphatic heterocycles. The molecule has 0 spiro atoms. The Kier molecular flexibility index (Phi) is 3.69. The topological polar surface area (TPSA) is 37.4 Å². The van der Waals surface area contributed by atoms with Gasteiger partial charge in [-0.25, -0.2) is 8.42 Å². The van der Waals surface area contributed by atoms with Gasteiger partial charge in [0.05, 0.1) is 8.68 Å². The molecular formula is C11H16BrNO2S2. The zero-order valence-electron chi connectivity index (χ0n) is 10.1. The molecule has 0 N–H and O–H groups in total. The van der Waals surface area contributed by atoms with E-state index in [1.807, 2.05) is 13.8 Å². The van der Waals surface area contributed by atoms with Crippen molar-refractivity contribution in [1.29, 1.82) is 0 Å². The first-order valence-electron chi connectivity index (χ1n) is 5.58. The summed E-state index contributed by atoms with van der Waals surface area (Å²) in [5.41, 5.74) is 0. The Balaban J connectivity index is 2.32. The van der Waals surface area contributed by atoms with Crippen LogP contribution in [0.25, 0.3) is 0 Å². The molecule has 6 heteroatoms. The second-order valence-corrected chi connectivity index (χ2v) is 9.17. The van der Waals surface area contributed by atoms with Crippen LogP contribution in [0, 0.1) is 12.8 Å². The van der Waals surface area contributed by atoms with E-state index >= 15 is 0 Å². The second kappa shape index (κ2) is 4.64. The number of hydrogen-bond donors (Lipinski definition) is 0. The molecule has 96 valence electrons. The summed E-state index contributed by atoms with van der Waals surface area (Å²) in [7, 11) is -1.66. The van der Waals surface area contributed by atoms with E-state index in [-0.39, 0.29) is 6.04 Å². The molecule has 0 bridgehead atoms. The van der Waals surface area contributed by atoms with E-state index in [0.29, 0.717) is 10.8 Å². The van der Waals surface area contributed by atoms with Crippen LogP contribution in [0.1, 0.15) is 24.6 Å². The Morgan fingerprint density at radius 3 is 2.53 bits per heavy atom. The molecule has 1 atom stereocenters. The van der Waals surface area contributed by atoms with E-state index in [2.05, 4.69) is 15.9 Å². The highest BCUT2D eigenvalue weighted by molar-refractivity contribution is 9.11. The molecule has 1 saturated carbocycles. The van der Waals surface area contributed by atoms with Gasteiger partial charge in [0.2, 0.25) is 10.0 Å². The minimum Gasteiger partial charge on any atom is -0.207 e. The average molecular weight is 338 g/mol. The van der Waals surface area contributed by atoms with E-state index in [0.717, 1.165) is 21.5 Å². The normalized spacial score (nSPS) is 18.6. The van der Waals surface area contributed by atoms with Crippen LogP contribution in [-0.4, -0.2) is 25.8 Å². The predicted molar refractivity (Wildman–Crippen MR) is 73.9 cm³/mol. The van der Waals surface area contributed by atoms with Gasteiger partial charge in [0.15, 0.2) is 0 Å². The number of sulfonamides is 1. The fraction of sp³-hybridized carbons (Fsp3) is 0.636. The van der Waals surface area contributed by atoms with Crippen molar-refractivity contribution in [2.75, 3.05) is 7.05 Å². The van der Waals surface area contributed by atoms with E-state index in [4.69, 9.17) is 0 Å². The van der Waals surface area contributed by atoms with Gasteiger partial charge in [-0.05, 0) is 54.6 Å². The molecular weight excluding hydrogens is 322 g/mol. The summed E-state index contributed by atoms with van der Waals surface area (Å²) >= 11 is 4.80. The van der Waals surface area contributed by atoms with Crippen molar-refractivity contribution in [3.05, 3.63) is 14.7 Å². The summed E-state index contributed by atoms with van der Waals surface area (Å²) < 4.78 is 27.3. The van der Waals surface area contributed by atoms with E-state index in [9.17, 15) is 8.42 Å². The van der Waals surface area contributed by atoms with Crippen molar-refractivity contribution in [1.82, 2.24) is 4.31 Å². The summed E-state index contributed by atoms with van der Waals surface area (Å²) in [6.07, 6.45) is 2.29. The SMILES string of the molecule is Cc1sc(Br)cc1S(=O)(=O)N(C)C(C)C1CC1. The predicted octanol–water partition coefficient (Wildman–Crippen LogP) is 3.24. The maximum atomic E-state index is 12.5. The van der Waals surface area contributed by atoms with Crippen LogP contribution in [0.2, 0.25) is 0 Å². The van der Waals surface area contributed by atoms with Crippen LogP contribution in [0.3, 0.4) is 0 Å². The monoisotopic (exact) mass is 337 g/mol. The molecule has 3 nitrogen and oxygen atoms in total. The smallest absolute Gasteiger partial charge is 0.207 e. The number of halogens is 1. The van der Waals surface area contributed by atoms with Gasteiger partial charge in [-0.2, -0.15) is 4.31 Å². The van der Waals surface area contributed by atoms with E-state index in [1.165, 1.54) is 15.6 Å². The van der Waals surface area contributed by atoms with Crippen LogP contribution < -0.4 is 0 Å². The maximum absolute atomic E-state index is 12.5. The summed E-state index contributed by atoms with van der Waals surface area (Å²) in [4.78, 5) is 1.27. The van der Waals surface area contributed by atoms with Crippen molar-refractivity contribution < 1.29 is 8.42 Å². The number of rotatable bonds is 4. The van der Waals surface area contributed by atoms with Gasteiger partial charge in [-0.3, -0.25) is 0 Å². The highest BCUT2D eigenvalue weighted by Gasteiger charge is 2.36. The first-order chi connectivity index (χ1) is 7.84. The van der Waals surface area contributed by atoms with Gasteiger partial charge >= 0.3 is 0 Å². The number of thiophene rings is 1. The maximum Gasteiger partial charge on any atom is 0.244 e. The third kappa shape index (κ3) is 2.59. The Morgan fingerprint density at radius 1 is 1.53 bits per heavy atom. The first-order valence-corrected chi connectivity index (χ1v) is 8.63. The highest BCUT2D eigenvalue weighted by Crippen LogP contribution is 2.38. The van der Waals surface area contributed by atoms with Gasteiger partial charge in [-0.1, -0.05) is 0 Å². The summed E-state index contributed by atoms with van der Waals surface area (Å²) in [6.45, 7) is 3.84. The number of aryl methyl sites for hydroxylation is 1. The molecule has 1 aliphatic carbocycles. The van der Waals surface area contributed by atoms with Crippen molar-refractivity contribution in [3.8, 4) is 0 Å². The fourth-order valence-electron chi connectivity index (χ4n) is 1.94. The Hall–Kier alpha value is 0.0900. The lowest BCUT2D eigenvalue weighted by Gasteiger charge is -2.24. The molecule has 1 aromatic heterocycles. The van der Waals surface area contributed by atoms with Crippen LogP contribution in [0.5, 0.6) is 0 Å². The zero-order chi connectivity index (χ0) is 12.8. The largest absolute Gasteiger partial charge is 0.244 e. The molecule has 0 saturated heterocycles. The first kappa shape index (κ1) is 13.5. The van der Waals surface area contributed by atoms with Crippen LogP contribution in [0.15, 0.2) is 14.7 Å². The second-order valence-electron chi connectivity index (χ2n) is 4.57. The third-order valence-electron chi connectivity index (χ3n) is 3.38. The Bertz CT molecular complexity index is 520. The molecule has 1 unspecified atom stereocenters. The van der Waals surface area contributed by atoms with Crippen molar-refractivity contribution >= 4 is 37.3 Å². The summed E-state index contributed by atoms with van der Waals surface area (Å²) in [5.74, 6) is 0.539. The lowest BCUT2D eigenvalue weighted by molar-refractivity contribution is 0.357. The Morgan fingerprint density at radius 2 is 2.12 bits per heavy atom. The Labute approximate surface area is 115 Å². The van der Waals surface area contributed by atoms with Gasteiger partial charge in [0, 0.05) is 18.0 Å². The quantitative estimate of drug-likeness (QED) is 0.845. The molecule has 1 aromatic rings.